The summed E-state index contributed by atoms with van der Waals surface area (Å²) in [6.07, 6.45) is 3.10. The fourth-order valence-corrected chi connectivity index (χ4v) is 1.12. The Bertz CT molecular complexity index is 410. The maximum absolute atomic E-state index is 8.84. The predicted octanol–water partition coefficient (Wildman–Crippen LogP) is 0.434. The highest BCUT2D eigenvalue weighted by Gasteiger charge is 2.04. The van der Waals surface area contributed by atoms with Crippen LogP contribution >= 0.6 is 0 Å². The van der Waals surface area contributed by atoms with Gasteiger partial charge in [-0.25, -0.2) is 9.97 Å². The van der Waals surface area contributed by atoms with Crippen molar-refractivity contribution in [3.05, 3.63) is 30.1 Å². The number of hydrogen-bond acceptors (Lipinski definition) is 6. The van der Waals surface area contributed by atoms with E-state index in [1.54, 1.807) is 24.5 Å². The van der Waals surface area contributed by atoms with Gasteiger partial charge in [-0.3, -0.25) is 0 Å². The van der Waals surface area contributed by atoms with Crippen molar-refractivity contribution in [1.29, 1.82) is 0 Å². The van der Waals surface area contributed by atoms with Gasteiger partial charge in [0, 0.05) is 24.0 Å². The molecule has 0 unspecified atom stereocenters. The molecule has 6 nitrogen and oxygen atoms in total. The van der Waals surface area contributed by atoms with Crippen molar-refractivity contribution >= 4 is 0 Å². The van der Waals surface area contributed by atoms with Gasteiger partial charge < -0.3 is 9.84 Å². The number of hydrogen-bond donors (Lipinski definition) is 1. The number of aromatic nitrogens is 4. The highest BCUT2D eigenvalue weighted by atomic mass is 16.5. The fourth-order valence-electron chi connectivity index (χ4n) is 1.12. The van der Waals surface area contributed by atoms with Crippen molar-refractivity contribution in [3.63, 3.8) is 0 Å². The molecule has 0 aliphatic carbocycles. The molecule has 16 heavy (non-hydrogen) atoms. The maximum atomic E-state index is 8.84. The van der Waals surface area contributed by atoms with Gasteiger partial charge in [-0.2, -0.15) is 0 Å². The Labute approximate surface area is 92.0 Å². The van der Waals surface area contributed by atoms with Crippen molar-refractivity contribution < 1.29 is 9.84 Å². The molecule has 2 aromatic rings. The maximum Gasteiger partial charge on any atom is 0.233 e. The molecule has 82 valence electrons. The van der Waals surface area contributed by atoms with Crippen LogP contribution in [0, 0.1) is 0 Å². The van der Waals surface area contributed by atoms with Gasteiger partial charge in [0.1, 0.15) is 5.69 Å². The van der Waals surface area contributed by atoms with Crippen LogP contribution in [0.1, 0.15) is 5.56 Å². The molecule has 0 fully saturated rings. The topological polar surface area (TPSA) is 81.0 Å². The van der Waals surface area contributed by atoms with E-state index >= 15 is 0 Å². The molecule has 0 bridgehead atoms. The molecule has 2 heterocycles. The van der Waals surface area contributed by atoms with Crippen molar-refractivity contribution in [2.75, 3.05) is 7.11 Å². The SMILES string of the molecule is COc1ccc(-c2ncc(CO)cn2)nn1. The van der Waals surface area contributed by atoms with Crippen LogP contribution in [0.5, 0.6) is 5.88 Å². The van der Waals surface area contributed by atoms with Crippen LogP contribution in [0.25, 0.3) is 11.5 Å². The van der Waals surface area contributed by atoms with Crippen LogP contribution in [0.4, 0.5) is 0 Å². The molecule has 0 amide bonds. The molecular weight excluding hydrogens is 208 g/mol. The smallest absolute Gasteiger partial charge is 0.233 e. The first kappa shape index (κ1) is 10.4. The highest BCUT2D eigenvalue weighted by molar-refractivity contribution is 5.47. The summed E-state index contributed by atoms with van der Waals surface area (Å²) >= 11 is 0. The van der Waals surface area contributed by atoms with Crippen molar-refractivity contribution in [3.8, 4) is 17.4 Å². The lowest BCUT2D eigenvalue weighted by molar-refractivity contribution is 0.281. The van der Waals surface area contributed by atoms with Gasteiger partial charge in [0.15, 0.2) is 5.82 Å². The Morgan fingerprint density at radius 1 is 1.19 bits per heavy atom. The van der Waals surface area contributed by atoms with Gasteiger partial charge in [0.25, 0.3) is 0 Å². The Kier molecular flexibility index (Phi) is 3.02. The molecule has 0 aromatic carbocycles. The summed E-state index contributed by atoms with van der Waals surface area (Å²) in [5.41, 5.74) is 1.22. The van der Waals surface area contributed by atoms with Crippen molar-refractivity contribution in [1.82, 2.24) is 20.2 Å². The molecule has 0 aliphatic rings. The minimum absolute atomic E-state index is 0.0748. The molecule has 0 saturated heterocycles. The summed E-state index contributed by atoms with van der Waals surface area (Å²) in [6, 6.07) is 3.41. The molecular formula is C10H10N4O2. The van der Waals surface area contributed by atoms with Crippen LogP contribution in [0.2, 0.25) is 0 Å². The number of aliphatic hydroxyl groups excluding tert-OH is 1. The third-order valence-corrected chi connectivity index (χ3v) is 1.97. The molecule has 0 atom stereocenters. The van der Waals surface area contributed by atoms with E-state index in [9.17, 15) is 0 Å². The van der Waals surface area contributed by atoms with Crippen molar-refractivity contribution in [2.45, 2.75) is 6.61 Å². The first-order chi connectivity index (χ1) is 7.83. The predicted molar refractivity (Wildman–Crippen MR) is 55.5 cm³/mol. The average molecular weight is 218 g/mol. The standard InChI is InChI=1S/C10H10N4O2/c1-16-9-3-2-8(13-14-9)10-11-4-7(6-15)5-12-10/h2-5,15H,6H2,1H3. The zero-order valence-electron chi connectivity index (χ0n) is 8.66. The van der Waals surface area contributed by atoms with Gasteiger partial charge >= 0.3 is 0 Å². The zero-order chi connectivity index (χ0) is 11.4. The third kappa shape index (κ3) is 2.12. The molecule has 0 aliphatic heterocycles. The highest BCUT2D eigenvalue weighted by Crippen LogP contribution is 2.12. The lowest BCUT2D eigenvalue weighted by atomic mass is 10.3. The van der Waals surface area contributed by atoms with Crippen molar-refractivity contribution in [2.24, 2.45) is 0 Å². The number of aliphatic hydroxyl groups is 1. The van der Waals surface area contributed by atoms with E-state index in [-0.39, 0.29) is 6.61 Å². The summed E-state index contributed by atoms with van der Waals surface area (Å²) < 4.78 is 4.89. The van der Waals surface area contributed by atoms with Crippen LogP contribution in [-0.2, 0) is 6.61 Å². The van der Waals surface area contributed by atoms with E-state index < -0.39 is 0 Å². The lowest BCUT2D eigenvalue weighted by Crippen LogP contribution is -1.96. The van der Waals surface area contributed by atoms with Gasteiger partial charge in [0.05, 0.1) is 13.7 Å². The van der Waals surface area contributed by atoms with Gasteiger partial charge in [-0.05, 0) is 6.07 Å². The lowest BCUT2D eigenvalue weighted by Gasteiger charge is -2.00. The Morgan fingerprint density at radius 2 is 1.94 bits per heavy atom. The minimum atomic E-state index is -0.0748. The molecule has 6 heteroatoms. The van der Waals surface area contributed by atoms with Crippen LogP contribution in [0.15, 0.2) is 24.5 Å². The number of ether oxygens (including phenoxy) is 1. The second-order valence-electron chi connectivity index (χ2n) is 3.03. The van der Waals surface area contributed by atoms with Gasteiger partial charge in [0.2, 0.25) is 5.88 Å². The van der Waals surface area contributed by atoms with Gasteiger partial charge in [-0.15, -0.1) is 10.2 Å². The monoisotopic (exact) mass is 218 g/mol. The molecule has 0 saturated carbocycles. The molecule has 0 radical (unpaired) electrons. The largest absolute Gasteiger partial charge is 0.480 e. The van der Waals surface area contributed by atoms with E-state index in [4.69, 9.17) is 9.84 Å². The Hall–Kier alpha value is -2.08. The molecule has 1 N–H and O–H groups in total. The summed E-state index contributed by atoms with van der Waals surface area (Å²) in [5, 5.41) is 16.6. The molecule has 2 aromatic heterocycles. The first-order valence-electron chi connectivity index (χ1n) is 4.63. The van der Waals surface area contributed by atoms with Crippen LogP contribution in [0.3, 0.4) is 0 Å². The van der Waals surface area contributed by atoms with Crippen LogP contribution in [-0.4, -0.2) is 32.4 Å². The molecule has 2 rings (SSSR count). The third-order valence-electron chi connectivity index (χ3n) is 1.97. The second kappa shape index (κ2) is 4.63. The number of nitrogens with zero attached hydrogens (tertiary/aromatic N) is 4. The van der Waals surface area contributed by atoms with E-state index in [1.807, 2.05) is 0 Å². The minimum Gasteiger partial charge on any atom is -0.480 e. The summed E-state index contributed by atoms with van der Waals surface area (Å²) in [5.74, 6) is 0.906. The quantitative estimate of drug-likeness (QED) is 0.804. The van der Waals surface area contributed by atoms with E-state index in [1.165, 1.54) is 7.11 Å². The first-order valence-corrected chi connectivity index (χ1v) is 4.63. The second-order valence-corrected chi connectivity index (χ2v) is 3.03. The fraction of sp³-hybridized carbons (Fsp3) is 0.200. The zero-order valence-corrected chi connectivity index (χ0v) is 8.66. The van der Waals surface area contributed by atoms with E-state index in [0.717, 1.165) is 0 Å². The Balaban J connectivity index is 2.28. The average Bonchev–Trinajstić information content (AvgIpc) is 2.39. The van der Waals surface area contributed by atoms with Crippen LogP contribution < -0.4 is 4.74 Å². The normalized spacial score (nSPS) is 10.1. The Morgan fingerprint density at radius 3 is 2.44 bits per heavy atom. The van der Waals surface area contributed by atoms with E-state index in [0.29, 0.717) is 23.0 Å². The number of methoxy groups -OCH3 is 1. The summed E-state index contributed by atoms with van der Waals surface area (Å²) in [7, 11) is 1.52. The number of rotatable bonds is 3. The molecule has 0 spiro atoms. The summed E-state index contributed by atoms with van der Waals surface area (Å²) in [6.45, 7) is -0.0748. The summed E-state index contributed by atoms with van der Waals surface area (Å²) in [4.78, 5) is 8.12. The van der Waals surface area contributed by atoms with Gasteiger partial charge in [-0.1, -0.05) is 0 Å². The van der Waals surface area contributed by atoms with E-state index in [2.05, 4.69) is 20.2 Å².